The molecular formula is C15H14BrFN2O. The minimum absolute atomic E-state index is 0.155. The zero-order chi connectivity index (χ0) is 14.4. The highest BCUT2D eigenvalue weighted by molar-refractivity contribution is 9.10. The Morgan fingerprint density at radius 2 is 1.85 bits per heavy atom. The molecule has 0 aliphatic carbocycles. The first-order chi connectivity index (χ1) is 9.63. The van der Waals surface area contributed by atoms with Gasteiger partial charge >= 0.3 is 0 Å². The van der Waals surface area contributed by atoms with Crippen molar-refractivity contribution >= 4 is 33.2 Å². The van der Waals surface area contributed by atoms with Crippen LogP contribution in [0.15, 0.2) is 53.0 Å². The van der Waals surface area contributed by atoms with Gasteiger partial charge in [-0.2, -0.15) is 0 Å². The first-order valence-corrected chi connectivity index (χ1v) is 6.97. The van der Waals surface area contributed by atoms with Crippen molar-refractivity contribution in [3.63, 3.8) is 0 Å². The predicted molar refractivity (Wildman–Crippen MR) is 82.3 cm³/mol. The van der Waals surface area contributed by atoms with Gasteiger partial charge in [0.1, 0.15) is 5.82 Å². The molecule has 0 atom stereocenters. The Labute approximate surface area is 125 Å². The first-order valence-electron chi connectivity index (χ1n) is 6.18. The van der Waals surface area contributed by atoms with Crippen molar-refractivity contribution in [1.82, 2.24) is 0 Å². The molecule has 1 amide bonds. The van der Waals surface area contributed by atoms with Crippen LogP contribution in [-0.4, -0.2) is 12.5 Å². The van der Waals surface area contributed by atoms with E-state index < -0.39 is 0 Å². The van der Waals surface area contributed by atoms with Crippen LogP contribution in [0.2, 0.25) is 0 Å². The SMILES string of the molecule is O=C(CCNc1cccc(Br)c1)Nc1cccc(F)c1. The molecule has 0 spiro atoms. The van der Waals surface area contributed by atoms with Gasteiger partial charge in [0, 0.05) is 28.8 Å². The zero-order valence-electron chi connectivity index (χ0n) is 10.7. The Kier molecular flexibility index (Phi) is 5.12. The summed E-state index contributed by atoms with van der Waals surface area (Å²) in [7, 11) is 0. The van der Waals surface area contributed by atoms with E-state index in [9.17, 15) is 9.18 Å². The van der Waals surface area contributed by atoms with Crippen molar-refractivity contribution < 1.29 is 9.18 Å². The lowest BCUT2D eigenvalue weighted by Crippen LogP contribution is -2.16. The van der Waals surface area contributed by atoms with Crippen LogP contribution in [0, 0.1) is 5.82 Å². The molecule has 2 N–H and O–H groups in total. The van der Waals surface area contributed by atoms with E-state index >= 15 is 0 Å². The number of carbonyl (C=O) groups excluding carboxylic acids is 1. The number of rotatable bonds is 5. The van der Waals surface area contributed by atoms with Gasteiger partial charge in [-0.1, -0.05) is 28.1 Å². The summed E-state index contributed by atoms with van der Waals surface area (Å²) in [6.07, 6.45) is 0.309. The molecule has 20 heavy (non-hydrogen) atoms. The van der Waals surface area contributed by atoms with E-state index in [-0.39, 0.29) is 11.7 Å². The Bertz CT molecular complexity index is 604. The summed E-state index contributed by atoms with van der Waals surface area (Å²) in [6, 6.07) is 13.6. The average molecular weight is 337 g/mol. The molecular weight excluding hydrogens is 323 g/mol. The van der Waals surface area contributed by atoms with Crippen molar-refractivity contribution in [3.8, 4) is 0 Å². The molecule has 5 heteroatoms. The second kappa shape index (κ2) is 7.05. The fraction of sp³-hybridized carbons (Fsp3) is 0.133. The van der Waals surface area contributed by atoms with Crippen molar-refractivity contribution in [3.05, 3.63) is 58.8 Å². The van der Waals surface area contributed by atoms with E-state index in [0.717, 1.165) is 10.2 Å². The first kappa shape index (κ1) is 14.5. The predicted octanol–water partition coefficient (Wildman–Crippen LogP) is 4.03. The summed E-state index contributed by atoms with van der Waals surface area (Å²) in [4.78, 5) is 11.7. The quantitative estimate of drug-likeness (QED) is 0.865. The second-order valence-corrected chi connectivity index (χ2v) is 5.16. The van der Waals surface area contributed by atoms with Crippen molar-refractivity contribution in [1.29, 1.82) is 0 Å². The van der Waals surface area contributed by atoms with Crippen LogP contribution in [-0.2, 0) is 4.79 Å². The molecule has 0 aromatic heterocycles. The largest absolute Gasteiger partial charge is 0.384 e. The van der Waals surface area contributed by atoms with E-state index in [2.05, 4.69) is 26.6 Å². The van der Waals surface area contributed by atoms with Gasteiger partial charge in [0.05, 0.1) is 0 Å². The molecule has 0 unspecified atom stereocenters. The lowest BCUT2D eigenvalue weighted by Gasteiger charge is -2.08. The number of benzene rings is 2. The Hall–Kier alpha value is -1.88. The lowest BCUT2D eigenvalue weighted by atomic mass is 10.3. The van der Waals surface area contributed by atoms with Crippen molar-refractivity contribution in [2.24, 2.45) is 0 Å². The Morgan fingerprint density at radius 3 is 2.60 bits per heavy atom. The highest BCUT2D eigenvalue weighted by Crippen LogP contribution is 2.15. The molecule has 0 radical (unpaired) electrons. The molecule has 0 aliphatic heterocycles. The van der Waals surface area contributed by atoms with Crippen LogP contribution >= 0.6 is 15.9 Å². The summed E-state index contributed by atoms with van der Waals surface area (Å²) >= 11 is 3.38. The van der Waals surface area contributed by atoms with Crippen molar-refractivity contribution in [2.45, 2.75) is 6.42 Å². The van der Waals surface area contributed by atoms with Gasteiger partial charge in [0.2, 0.25) is 5.91 Å². The fourth-order valence-corrected chi connectivity index (χ4v) is 2.11. The van der Waals surface area contributed by atoms with E-state index in [1.165, 1.54) is 12.1 Å². The van der Waals surface area contributed by atoms with Crippen LogP contribution in [0.4, 0.5) is 15.8 Å². The third-order valence-corrected chi connectivity index (χ3v) is 3.11. The van der Waals surface area contributed by atoms with E-state index in [1.807, 2.05) is 24.3 Å². The fourth-order valence-electron chi connectivity index (χ4n) is 1.71. The summed E-state index contributed by atoms with van der Waals surface area (Å²) in [5.41, 5.74) is 1.41. The maximum Gasteiger partial charge on any atom is 0.226 e. The Balaban J connectivity index is 1.78. The number of carbonyl (C=O) groups is 1. The minimum Gasteiger partial charge on any atom is -0.384 e. The molecule has 0 saturated heterocycles. The van der Waals surface area contributed by atoms with Gasteiger partial charge < -0.3 is 10.6 Å². The van der Waals surface area contributed by atoms with Crippen LogP contribution in [0.5, 0.6) is 0 Å². The number of halogens is 2. The highest BCUT2D eigenvalue weighted by atomic mass is 79.9. The van der Waals surface area contributed by atoms with E-state index in [4.69, 9.17) is 0 Å². The molecule has 3 nitrogen and oxygen atoms in total. The maximum absolute atomic E-state index is 13.0. The highest BCUT2D eigenvalue weighted by Gasteiger charge is 2.03. The van der Waals surface area contributed by atoms with Crippen LogP contribution < -0.4 is 10.6 Å². The van der Waals surface area contributed by atoms with Crippen LogP contribution in [0.1, 0.15) is 6.42 Å². The number of hydrogen-bond acceptors (Lipinski definition) is 2. The average Bonchev–Trinajstić information content (AvgIpc) is 2.38. The van der Waals surface area contributed by atoms with E-state index in [1.54, 1.807) is 12.1 Å². The number of amides is 1. The van der Waals surface area contributed by atoms with Crippen LogP contribution in [0.3, 0.4) is 0 Å². The third kappa shape index (κ3) is 4.66. The number of nitrogens with one attached hydrogen (secondary N) is 2. The second-order valence-electron chi connectivity index (χ2n) is 4.25. The monoisotopic (exact) mass is 336 g/mol. The summed E-state index contributed by atoms with van der Waals surface area (Å²) in [6.45, 7) is 0.512. The normalized spacial score (nSPS) is 10.1. The molecule has 0 heterocycles. The van der Waals surface area contributed by atoms with Gasteiger partial charge in [-0.3, -0.25) is 4.79 Å². The molecule has 0 saturated carbocycles. The topological polar surface area (TPSA) is 41.1 Å². The molecule has 0 fully saturated rings. The summed E-state index contributed by atoms with van der Waals surface area (Å²) < 4.78 is 13.9. The molecule has 0 aliphatic rings. The smallest absolute Gasteiger partial charge is 0.226 e. The standard InChI is InChI=1S/C15H14BrFN2O/c16-11-3-1-5-13(9-11)18-8-7-15(20)19-14-6-2-4-12(17)10-14/h1-6,9-10,18H,7-8H2,(H,19,20). The molecule has 104 valence electrons. The summed E-state index contributed by atoms with van der Waals surface area (Å²) in [5, 5.41) is 5.80. The van der Waals surface area contributed by atoms with Crippen molar-refractivity contribution in [2.75, 3.05) is 17.2 Å². The maximum atomic E-state index is 13.0. The van der Waals surface area contributed by atoms with Crippen LogP contribution in [0.25, 0.3) is 0 Å². The number of hydrogen-bond donors (Lipinski definition) is 2. The molecule has 2 aromatic rings. The zero-order valence-corrected chi connectivity index (χ0v) is 12.3. The third-order valence-electron chi connectivity index (χ3n) is 2.61. The summed E-state index contributed by atoms with van der Waals surface area (Å²) in [5.74, 6) is -0.520. The van der Waals surface area contributed by atoms with Gasteiger partial charge in [0.25, 0.3) is 0 Å². The van der Waals surface area contributed by atoms with Gasteiger partial charge in [-0.05, 0) is 36.4 Å². The lowest BCUT2D eigenvalue weighted by molar-refractivity contribution is -0.115. The molecule has 0 bridgehead atoms. The molecule has 2 rings (SSSR count). The van der Waals surface area contributed by atoms with Gasteiger partial charge in [-0.25, -0.2) is 4.39 Å². The number of anilines is 2. The Morgan fingerprint density at radius 1 is 1.10 bits per heavy atom. The minimum atomic E-state index is -0.366. The molecule has 2 aromatic carbocycles. The van der Waals surface area contributed by atoms with Gasteiger partial charge in [0.15, 0.2) is 0 Å². The van der Waals surface area contributed by atoms with Gasteiger partial charge in [-0.15, -0.1) is 0 Å². The van der Waals surface area contributed by atoms with E-state index in [0.29, 0.717) is 18.7 Å².